The summed E-state index contributed by atoms with van der Waals surface area (Å²) in [6.07, 6.45) is -2.91. The molecule has 178 valence electrons. The van der Waals surface area contributed by atoms with E-state index >= 15 is 0 Å². The van der Waals surface area contributed by atoms with E-state index in [9.17, 15) is 32.3 Å². The fourth-order valence-corrected chi connectivity index (χ4v) is 3.81. The Bertz CT molecular complexity index is 1010. The van der Waals surface area contributed by atoms with E-state index in [0.29, 0.717) is 25.7 Å². The zero-order valence-corrected chi connectivity index (χ0v) is 17.3. The number of ether oxygens (including phenoxy) is 1. The van der Waals surface area contributed by atoms with Crippen molar-refractivity contribution in [2.24, 2.45) is 11.8 Å². The predicted octanol–water partition coefficient (Wildman–Crippen LogP) is 4.63. The molecule has 4 N–H and O–H groups in total. The number of carbonyl (C=O) groups is 2. The summed E-state index contributed by atoms with van der Waals surface area (Å²) in [6, 6.07) is 6.04. The van der Waals surface area contributed by atoms with Crippen molar-refractivity contribution in [2.45, 2.75) is 32.0 Å². The molecule has 12 heteroatoms. The van der Waals surface area contributed by atoms with Gasteiger partial charge in [-0.3, -0.25) is 9.69 Å². The highest BCUT2D eigenvalue weighted by Crippen LogP contribution is 2.33. The van der Waals surface area contributed by atoms with Gasteiger partial charge in [-0.2, -0.15) is 4.39 Å². The molecule has 1 aliphatic rings. The molecule has 0 saturated heterocycles. The van der Waals surface area contributed by atoms with Gasteiger partial charge in [0.15, 0.2) is 0 Å². The number of anilines is 3. The van der Waals surface area contributed by atoms with Crippen molar-refractivity contribution >= 4 is 29.1 Å². The maximum absolute atomic E-state index is 13.9. The molecular weight excluding hydrogens is 448 g/mol. The quantitative estimate of drug-likeness (QED) is 0.322. The molecule has 33 heavy (non-hydrogen) atoms. The lowest BCUT2D eigenvalue weighted by Gasteiger charge is -2.31. The average Bonchev–Trinajstić information content (AvgIpc) is 2.73. The van der Waals surface area contributed by atoms with Crippen molar-refractivity contribution in [3.63, 3.8) is 0 Å². The van der Waals surface area contributed by atoms with Crippen LogP contribution in [0.5, 0.6) is 5.75 Å². The molecule has 0 spiro atoms. The van der Waals surface area contributed by atoms with E-state index in [0.717, 1.165) is 17.0 Å². The summed E-state index contributed by atoms with van der Waals surface area (Å²) in [5.41, 5.74) is 5.70. The van der Waals surface area contributed by atoms with Crippen LogP contribution >= 0.6 is 0 Å². The van der Waals surface area contributed by atoms with Gasteiger partial charge >= 0.3 is 12.5 Å². The molecule has 0 atom stereocenters. The number of rotatable bonds is 6. The van der Waals surface area contributed by atoms with Gasteiger partial charge in [-0.1, -0.05) is 0 Å². The number of hydrogen-bond acceptors (Lipinski definition) is 5. The van der Waals surface area contributed by atoms with E-state index in [1.165, 1.54) is 24.4 Å². The van der Waals surface area contributed by atoms with Crippen LogP contribution in [0.3, 0.4) is 0 Å². The van der Waals surface area contributed by atoms with Gasteiger partial charge in [0.1, 0.15) is 11.4 Å². The topological polar surface area (TPSA) is 118 Å². The molecule has 0 aliphatic heterocycles. The van der Waals surface area contributed by atoms with Gasteiger partial charge in [0.25, 0.3) is 0 Å². The van der Waals surface area contributed by atoms with Crippen LogP contribution < -0.4 is 20.7 Å². The molecule has 8 nitrogen and oxygen atoms in total. The van der Waals surface area contributed by atoms with E-state index in [4.69, 9.17) is 5.73 Å². The Labute approximate surface area is 186 Å². The SMILES string of the molecule is Nc1cc(OC(F)(F)F)ccc1NC(=O)C1CCC(CN(C(=O)O)c2cccnc2F)CC1. The van der Waals surface area contributed by atoms with Gasteiger partial charge in [-0.15, -0.1) is 13.2 Å². The maximum Gasteiger partial charge on any atom is 0.573 e. The molecule has 1 aromatic heterocycles. The number of aromatic nitrogens is 1. The number of alkyl halides is 3. The first-order valence-corrected chi connectivity index (χ1v) is 10.1. The van der Waals surface area contributed by atoms with Crippen LogP contribution in [0, 0.1) is 17.8 Å². The first-order chi connectivity index (χ1) is 15.5. The van der Waals surface area contributed by atoms with Crippen LogP contribution in [0.15, 0.2) is 36.5 Å². The van der Waals surface area contributed by atoms with Gasteiger partial charge < -0.3 is 20.9 Å². The minimum atomic E-state index is -4.85. The molecule has 2 amide bonds. The van der Waals surface area contributed by atoms with Crippen LogP contribution in [-0.2, 0) is 4.79 Å². The molecule has 0 bridgehead atoms. The largest absolute Gasteiger partial charge is 0.573 e. The monoisotopic (exact) mass is 470 g/mol. The van der Waals surface area contributed by atoms with Crippen LogP contribution in [0.1, 0.15) is 25.7 Å². The Hall–Kier alpha value is -3.57. The van der Waals surface area contributed by atoms with Crippen molar-refractivity contribution in [3.8, 4) is 5.75 Å². The number of nitrogens with zero attached hydrogens (tertiary/aromatic N) is 2. The Morgan fingerprint density at radius 1 is 1.21 bits per heavy atom. The summed E-state index contributed by atoms with van der Waals surface area (Å²) in [4.78, 5) is 28.6. The zero-order chi connectivity index (χ0) is 24.2. The van der Waals surface area contributed by atoms with Crippen molar-refractivity contribution in [3.05, 3.63) is 42.5 Å². The van der Waals surface area contributed by atoms with Gasteiger partial charge in [0.05, 0.1) is 11.4 Å². The highest BCUT2D eigenvalue weighted by Gasteiger charge is 2.32. The summed E-state index contributed by atoms with van der Waals surface area (Å²) in [7, 11) is 0. The van der Waals surface area contributed by atoms with Crippen molar-refractivity contribution in [1.82, 2.24) is 4.98 Å². The molecule has 0 unspecified atom stereocenters. The molecule has 1 heterocycles. The van der Waals surface area contributed by atoms with E-state index in [1.54, 1.807) is 0 Å². The lowest BCUT2D eigenvalue weighted by Crippen LogP contribution is -2.37. The Morgan fingerprint density at radius 3 is 2.48 bits per heavy atom. The Kier molecular flexibility index (Phi) is 7.24. The van der Waals surface area contributed by atoms with Gasteiger partial charge in [-0.05, 0) is 55.9 Å². The highest BCUT2D eigenvalue weighted by atomic mass is 19.4. The number of hydrogen-bond donors (Lipinski definition) is 3. The normalized spacial score (nSPS) is 18.4. The first kappa shape index (κ1) is 24.1. The number of nitrogens with two attached hydrogens (primary N) is 1. The number of amides is 2. The summed E-state index contributed by atoms with van der Waals surface area (Å²) in [5.74, 6) is -2.16. The molecule has 2 aromatic rings. The Balaban J connectivity index is 1.56. The molecular formula is C21H22F4N4O4. The summed E-state index contributed by atoms with van der Waals surface area (Å²) >= 11 is 0. The van der Waals surface area contributed by atoms with Crippen LogP contribution in [0.25, 0.3) is 0 Å². The number of nitrogens with one attached hydrogen (secondary N) is 1. The lowest BCUT2D eigenvalue weighted by molar-refractivity contribution is -0.274. The summed E-state index contributed by atoms with van der Waals surface area (Å²) < 4.78 is 54.6. The smallest absolute Gasteiger partial charge is 0.465 e. The molecule has 0 radical (unpaired) electrons. The fourth-order valence-electron chi connectivity index (χ4n) is 3.81. The number of nitrogen functional groups attached to an aromatic ring is 1. The van der Waals surface area contributed by atoms with Crippen molar-refractivity contribution in [1.29, 1.82) is 0 Å². The number of halogens is 4. The van der Waals surface area contributed by atoms with Crippen LogP contribution in [0.4, 0.5) is 39.4 Å². The average molecular weight is 470 g/mol. The second-order valence-corrected chi connectivity index (χ2v) is 7.71. The van der Waals surface area contributed by atoms with E-state index in [1.807, 2.05) is 0 Å². The van der Waals surface area contributed by atoms with Crippen LogP contribution in [0.2, 0.25) is 0 Å². The third-order valence-electron chi connectivity index (χ3n) is 5.43. The summed E-state index contributed by atoms with van der Waals surface area (Å²) in [5, 5.41) is 12.1. The molecule has 1 aromatic carbocycles. The number of benzene rings is 1. The standard InChI is InChI=1S/C21H22F4N4O4/c22-18-17(2-1-9-27-18)29(20(31)32)11-12-3-5-13(6-4-12)19(30)28-16-8-7-14(10-15(16)26)33-21(23,24)25/h1-2,7-10,12-13H,3-6,11,26H2,(H,28,30)(H,31,32). The lowest BCUT2D eigenvalue weighted by atomic mass is 9.81. The maximum atomic E-state index is 13.9. The van der Waals surface area contributed by atoms with E-state index in [2.05, 4.69) is 15.0 Å². The predicted molar refractivity (Wildman–Crippen MR) is 111 cm³/mol. The first-order valence-electron chi connectivity index (χ1n) is 10.1. The van der Waals surface area contributed by atoms with Crippen molar-refractivity contribution in [2.75, 3.05) is 22.5 Å². The second kappa shape index (κ2) is 9.92. The van der Waals surface area contributed by atoms with Gasteiger partial charge in [-0.25, -0.2) is 9.78 Å². The molecule has 1 aliphatic carbocycles. The second-order valence-electron chi connectivity index (χ2n) is 7.71. The highest BCUT2D eigenvalue weighted by molar-refractivity contribution is 5.95. The van der Waals surface area contributed by atoms with E-state index in [-0.39, 0.29) is 41.3 Å². The van der Waals surface area contributed by atoms with Crippen molar-refractivity contribution < 1.29 is 37.0 Å². The fraction of sp³-hybridized carbons (Fsp3) is 0.381. The molecule has 1 fully saturated rings. The Morgan fingerprint density at radius 2 is 1.91 bits per heavy atom. The van der Waals surface area contributed by atoms with Gasteiger partial charge in [0, 0.05) is 24.7 Å². The van der Waals surface area contributed by atoms with Crippen LogP contribution in [-0.4, -0.2) is 35.0 Å². The number of carbonyl (C=O) groups excluding carboxylic acids is 1. The number of pyridine rings is 1. The summed E-state index contributed by atoms with van der Waals surface area (Å²) in [6.45, 7) is 0.0693. The minimum Gasteiger partial charge on any atom is -0.465 e. The van der Waals surface area contributed by atoms with Gasteiger partial charge in [0.2, 0.25) is 11.9 Å². The molecule has 1 saturated carbocycles. The molecule has 3 rings (SSSR count). The third kappa shape index (κ3) is 6.46. The zero-order valence-electron chi connectivity index (χ0n) is 17.3. The number of carboxylic acid groups (broad SMARTS) is 1. The van der Waals surface area contributed by atoms with E-state index < -0.39 is 24.2 Å². The third-order valence-corrected chi connectivity index (χ3v) is 5.43. The minimum absolute atomic E-state index is 0.0693.